The monoisotopic (exact) mass is 566 g/mol. The molecule has 0 aromatic heterocycles. The summed E-state index contributed by atoms with van der Waals surface area (Å²) in [6.45, 7) is 55.1. The van der Waals surface area contributed by atoms with E-state index in [9.17, 15) is 0 Å². The van der Waals surface area contributed by atoms with Gasteiger partial charge in [-0.15, -0.1) is 7.59 Å². The van der Waals surface area contributed by atoms with Gasteiger partial charge in [0.2, 0.25) is 0 Å². The summed E-state index contributed by atoms with van der Waals surface area (Å²) in [6, 6.07) is 0. The van der Waals surface area contributed by atoms with Gasteiger partial charge in [-0.1, -0.05) is 154 Å². The van der Waals surface area contributed by atoms with E-state index in [1.54, 1.807) is 0 Å². The van der Waals surface area contributed by atoms with Gasteiger partial charge in [0.05, 0.1) is 0 Å². The van der Waals surface area contributed by atoms with Crippen molar-refractivity contribution in [2.24, 2.45) is 0 Å². The molecule has 0 aliphatic carbocycles. The van der Waals surface area contributed by atoms with Crippen LogP contribution in [-0.2, 0) is 0 Å². The van der Waals surface area contributed by atoms with Gasteiger partial charge >= 0.3 is 51.4 Å². The second-order valence-corrected chi connectivity index (χ2v) is 55.1. The summed E-state index contributed by atoms with van der Waals surface area (Å²) in [7, 11) is -3.76. The average Bonchev–Trinajstić information content (AvgIpc) is 2.43. The van der Waals surface area contributed by atoms with E-state index in [-0.39, 0.29) is 51.4 Å². The standard InChI is InChI=1S/C27H63Si5.K/c1-22(2,3)30(19,23(4,5)6)28-29(31(20,24(7,8)9)25(10,11)12)32(21,26(13,14)15)27(16,17)18;/h1-21H3;/q-1;+1. The molecule has 0 saturated heterocycles. The number of hydrogen-bond donors (Lipinski definition) is 0. The van der Waals surface area contributed by atoms with Crippen LogP contribution in [0, 0.1) is 0 Å². The zero-order valence-corrected chi connectivity index (χ0v) is 35.6. The quantitative estimate of drug-likeness (QED) is 0.313. The fourth-order valence-electron chi connectivity index (χ4n) is 6.25. The van der Waals surface area contributed by atoms with E-state index >= 15 is 0 Å². The first-order chi connectivity index (χ1) is 13.3. The molecule has 0 fully saturated rings. The molecule has 192 valence electrons. The molecule has 0 bridgehead atoms. The molecule has 33 heavy (non-hydrogen) atoms. The predicted molar refractivity (Wildman–Crippen MR) is 165 cm³/mol. The minimum Gasteiger partial charge on any atom is -0.461 e. The molecule has 0 unspecified atom stereocenters. The third-order valence-corrected chi connectivity index (χ3v) is 84.4. The number of rotatable bonds is 3. The predicted octanol–water partition coefficient (Wildman–Crippen LogP) is 7.38. The Bertz CT molecular complexity index is 614. The molecule has 0 aliphatic heterocycles. The summed E-state index contributed by atoms with van der Waals surface area (Å²) in [4.78, 5) is 0. The van der Waals surface area contributed by atoms with Gasteiger partial charge in [-0.3, -0.25) is 0 Å². The molecule has 0 aromatic carbocycles. The van der Waals surface area contributed by atoms with Gasteiger partial charge < -0.3 is 8.13 Å². The Morgan fingerprint density at radius 1 is 0.394 bits per heavy atom. The summed E-state index contributed by atoms with van der Waals surface area (Å²) < 4.78 is 0. The molecule has 0 atom stereocenters. The first-order valence-corrected chi connectivity index (χ1v) is 27.0. The average molecular weight is 567 g/mol. The van der Waals surface area contributed by atoms with Crippen molar-refractivity contribution < 1.29 is 51.4 Å². The van der Waals surface area contributed by atoms with E-state index in [0.29, 0.717) is 30.2 Å². The molecule has 0 aliphatic rings. The van der Waals surface area contributed by atoms with Crippen LogP contribution < -0.4 is 51.4 Å². The Balaban J connectivity index is 0. The first-order valence-electron chi connectivity index (χ1n) is 13.0. The van der Waals surface area contributed by atoms with Gasteiger partial charge in [-0.2, -0.15) is 0 Å². The maximum Gasteiger partial charge on any atom is 1.00 e. The van der Waals surface area contributed by atoms with Crippen molar-refractivity contribution in [3.05, 3.63) is 0 Å². The SMILES string of the molecule is CC(C)(C)[Si](C)([Si-]=[Si]([Si](C)(C(C)(C)C)C(C)(C)C)[Si](C)(C(C)(C)C)C(C)(C)C)C(C)(C)C.[K+]. The van der Waals surface area contributed by atoms with E-state index in [2.05, 4.69) is 144 Å². The molecule has 0 spiro atoms. The van der Waals surface area contributed by atoms with Crippen molar-refractivity contribution >= 4 is 37.8 Å². The third-order valence-electron chi connectivity index (χ3n) is 10.4. The van der Waals surface area contributed by atoms with Crippen molar-refractivity contribution in [3.8, 4) is 0 Å². The van der Waals surface area contributed by atoms with Crippen LogP contribution in [0.15, 0.2) is 0 Å². The summed E-state index contributed by atoms with van der Waals surface area (Å²) in [5, 5.41) is 2.53. The van der Waals surface area contributed by atoms with E-state index in [1.807, 2.05) is 0 Å². The van der Waals surface area contributed by atoms with Crippen molar-refractivity contribution in [2.75, 3.05) is 0 Å². The van der Waals surface area contributed by atoms with Gasteiger partial charge in [0, 0.05) is 15.2 Å². The minimum atomic E-state index is -1.69. The van der Waals surface area contributed by atoms with Gasteiger partial charge in [-0.25, -0.2) is 6.93 Å². The third kappa shape index (κ3) is 6.84. The molecular weight excluding hydrogens is 504 g/mol. The second kappa shape index (κ2) is 10.7. The fraction of sp³-hybridized carbons (Fsp3) is 1.00. The van der Waals surface area contributed by atoms with Gasteiger partial charge in [0.25, 0.3) is 0 Å². The van der Waals surface area contributed by atoms with Gasteiger partial charge in [-0.05, 0) is 20.2 Å². The molecule has 0 rings (SSSR count). The zero-order valence-electron chi connectivity index (χ0n) is 27.5. The Labute approximate surface area is 260 Å². The molecule has 0 nitrogen and oxygen atoms in total. The van der Waals surface area contributed by atoms with E-state index in [4.69, 9.17) is 0 Å². The van der Waals surface area contributed by atoms with Crippen LogP contribution in [0.25, 0.3) is 0 Å². The maximum absolute atomic E-state index is 2.89. The van der Waals surface area contributed by atoms with E-state index < -0.39 is 29.7 Å². The Morgan fingerprint density at radius 2 is 0.576 bits per heavy atom. The summed E-state index contributed by atoms with van der Waals surface area (Å²) in [6.07, 6.45) is 0. The van der Waals surface area contributed by atoms with E-state index in [0.717, 1.165) is 0 Å². The van der Waals surface area contributed by atoms with Gasteiger partial charge in [0.15, 0.2) is 0 Å². The minimum absolute atomic E-state index is 0. The smallest absolute Gasteiger partial charge is 0.461 e. The normalized spacial score (nSPS) is 15.8. The summed E-state index contributed by atoms with van der Waals surface area (Å²) >= 11 is 0. The Morgan fingerprint density at radius 3 is 0.697 bits per heavy atom. The van der Waals surface area contributed by atoms with Crippen molar-refractivity contribution in [1.29, 1.82) is 0 Å². The molecule has 0 radical (unpaired) electrons. The maximum atomic E-state index is 2.89. The largest absolute Gasteiger partial charge is 1.00 e. The second-order valence-electron chi connectivity index (χ2n) is 17.4. The molecule has 0 aromatic rings. The van der Waals surface area contributed by atoms with Crippen LogP contribution in [0.3, 0.4) is 0 Å². The van der Waals surface area contributed by atoms with Crippen LogP contribution in [0.5, 0.6) is 0 Å². The van der Waals surface area contributed by atoms with Crippen LogP contribution in [0.1, 0.15) is 125 Å². The summed E-state index contributed by atoms with van der Waals surface area (Å²) in [5.74, 6) is 0. The van der Waals surface area contributed by atoms with Crippen LogP contribution in [0.4, 0.5) is 0 Å². The molecular formula is C27H63KSi5. The number of hydrogen-bond acceptors (Lipinski definition) is 0. The van der Waals surface area contributed by atoms with Crippen LogP contribution >= 0.6 is 0 Å². The van der Waals surface area contributed by atoms with E-state index in [1.165, 1.54) is 8.13 Å². The van der Waals surface area contributed by atoms with Crippen molar-refractivity contribution in [2.45, 2.75) is 174 Å². The van der Waals surface area contributed by atoms with Gasteiger partial charge in [0.1, 0.15) is 0 Å². The molecule has 6 heteroatoms. The topological polar surface area (TPSA) is 0 Å². The van der Waals surface area contributed by atoms with Crippen LogP contribution in [0.2, 0.25) is 49.9 Å². The molecule has 0 heterocycles. The molecule has 0 amide bonds. The Kier molecular flexibility index (Phi) is 12.3. The Hall–Kier alpha value is 2.72. The first kappa shape index (κ1) is 37.9. The zero-order chi connectivity index (χ0) is 26.8. The molecule has 0 saturated carbocycles. The van der Waals surface area contributed by atoms with Crippen LogP contribution in [-0.4, -0.2) is 37.8 Å². The molecule has 0 N–H and O–H groups in total. The van der Waals surface area contributed by atoms with Crippen molar-refractivity contribution in [3.63, 3.8) is 0 Å². The summed E-state index contributed by atoms with van der Waals surface area (Å²) in [5.41, 5.74) is 0. The van der Waals surface area contributed by atoms with Crippen molar-refractivity contribution in [1.82, 2.24) is 0 Å². The fourth-order valence-corrected chi connectivity index (χ4v) is 115.